The molecule has 0 spiro atoms. The molecule has 0 radical (unpaired) electrons. The topological polar surface area (TPSA) is 18.1 Å². The fourth-order valence-corrected chi connectivity index (χ4v) is 7.71. The summed E-state index contributed by atoms with van der Waals surface area (Å²) in [6, 6.07) is 39.4. The summed E-state index contributed by atoms with van der Waals surface area (Å²) in [4.78, 5) is 0. The number of benzene rings is 6. The highest BCUT2D eigenvalue weighted by atomic mass is 32.1. The first-order valence-electron chi connectivity index (χ1n) is 15.9. The van der Waals surface area contributed by atoms with E-state index in [0.29, 0.717) is 0 Å². The number of aryl methyl sites for hydroxylation is 7. The van der Waals surface area contributed by atoms with E-state index < -0.39 is 0 Å². The van der Waals surface area contributed by atoms with E-state index in [4.69, 9.17) is 4.42 Å². The molecule has 0 bridgehead atoms. The van der Waals surface area contributed by atoms with Gasteiger partial charge in [-0.1, -0.05) is 72.8 Å². The van der Waals surface area contributed by atoms with E-state index in [-0.39, 0.29) is 0 Å². The Hall–Kier alpha value is -4.86. The first-order valence-corrected chi connectivity index (χ1v) is 16.7. The van der Waals surface area contributed by atoms with Crippen LogP contribution in [0.15, 0.2) is 114 Å². The van der Waals surface area contributed by atoms with Crippen molar-refractivity contribution in [3.63, 3.8) is 0 Å². The molecule has 0 fully saturated rings. The third-order valence-electron chi connectivity index (χ3n) is 8.89. The number of hydrogen-bond donors (Lipinski definition) is 0. The molecule has 0 saturated heterocycles. The molecule has 3 aromatic heterocycles. The van der Waals surface area contributed by atoms with Gasteiger partial charge in [0.1, 0.15) is 11.2 Å². The zero-order valence-electron chi connectivity index (χ0n) is 27.7. The number of furan rings is 1. The summed E-state index contributed by atoms with van der Waals surface area (Å²) >= 11 is 1.89. The number of aromatic nitrogens is 1. The van der Waals surface area contributed by atoms with Gasteiger partial charge in [-0.3, -0.25) is 0 Å². The quantitative estimate of drug-likeness (QED) is 0.166. The average Bonchev–Trinajstić information content (AvgIpc) is 3.65. The first kappa shape index (κ1) is 29.8. The standard InChI is InChI=1S/C15H15N.C14H12O.C14H12S/c1-10-4-6-12-13-7-5-11(2)9-15(13)16(3)14(12)8-10;2*1-9-3-5-11-12-6-4-10(2)8-14(12)15-13(11)7-9/h4-9H,1-3H3;2*3-8H,1-2H3. The van der Waals surface area contributed by atoms with Crippen molar-refractivity contribution < 1.29 is 4.42 Å². The fourth-order valence-electron chi connectivity index (χ4n) is 6.41. The molecule has 0 amide bonds. The highest BCUT2D eigenvalue weighted by molar-refractivity contribution is 7.25. The Morgan fingerprint density at radius 3 is 1.13 bits per heavy atom. The Balaban J connectivity index is 0.000000110. The van der Waals surface area contributed by atoms with Crippen LogP contribution in [0.5, 0.6) is 0 Å². The lowest BCUT2D eigenvalue weighted by molar-refractivity contribution is 0.668. The third-order valence-corrected chi connectivity index (χ3v) is 10.0. The van der Waals surface area contributed by atoms with Crippen LogP contribution in [0, 0.1) is 41.5 Å². The Morgan fingerprint density at radius 1 is 0.391 bits per heavy atom. The summed E-state index contributed by atoms with van der Waals surface area (Å²) in [5, 5.41) is 7.89. The van der Waals surface area contributed by atoms with E-state index in [2.05, 4.69) is 162 Å². The maximum Gasteiger partial charge on any atom is 0.135 e. The second-order valence-corrected chi connectivity index (χ2v) is 13.9. The Kier molecular flexibility index (Phi) is 7.66. The van der Waals surface area contributed by atoms with Gasteiger partial charge in [0.25, 0.3) is 0 Å². The molecule has 3 heteroatoms. The summed E-state index contributed by atoms with van der Waals surface area (Å²) in [6.07, 6.45) is 0. The molecule has 6 aromatic carbocycles. The van der Waals surface area contributed by atoms with Crippen molar-refractivity contribution in [2.45, 2.75) is 41.5 Å². The largest absolute Gasteiger partial charge is 0.456 e. The van der Waals surface area contributed by atoms with Gasteiger partial charge >= 0.3 is 0 Å². The molecule has 0 aliphatic carbocycles. The number of nitrogens with zero attached hydrogens (tertiary/aromatic N) is 1. The maximum absolute atomic E-state index is 5.81. The highest BCUT2D eigenvalue weighted by Crippen LogP contribution is 2.35. The van der Waals surface area contributed by atoms with Crippen LogP contribution in [0.3, 0.4) is 0 Å². The zero-order valence-corrected chi connectivity index (χ0v) is 28.5. The van der Waals surface area contributed by atoms with Crippen LogP contribution in [0.4, 0.5) is 0 Å². The van der Waals surface area contributed by atoms with Crippen LogP contribution < -0.4 is 0 Å². The minimum atomic E-state index is 0.982. The van der Waals surface area contributed by atoms with Gasteiger partial charge in [-0.2, -0.15) is 0 Å². The molecule has 0 aliphatic heterocycles. The minimum Gasteiger partial charge on any atom is -0.456 e. The van der Waals surface area contributed by atoms with Crippen LogP contribution in [0.1, 0.15) is 33.4 Å². The summed E-state index contributed by atoms with van der Waals surface area (Å²) in [6.45, 7) is 12.7. The molecule has 9 rings (SSSR count). The Morgan fingerprint density at radius 2 is 0.717 bits per heavy atom. The number of thiophene rings is 1. The smallest absolute Gasteiger partial charge is 0.135 e. The maximum atomic E-state index is 5.81. The molecule has 0 saturated carbocycles. The van der Waals surface area contributed by atoms with Crippen molar-refractivity contribution in [3.8, 4) is 0 Å². The van der Waals surface area contributed by atoms with Gasteiger partial charge in [-0.25, -0.2) is 0 Å². The van der Waals surface area contributed by atoms with E-state index in [0.717, 1.165) is 11.2 Å². The SMILES string of the molecule is Cc1ccc2c(c1)oc1cc(C)ccc12.Cc1ccc2c(c1)sc1cc(C)ccc12.Cc1ccc2c3ccc(C)cc3n(C)c2c1. The first-order chi connectivity index (χ1) is 22.1. The van der Waals surface area contributed by atoms with E-state index in [9.17, 15) is 0 Å². The highest BCUT2D eigenvalue weighted by Gasteiger charge is 2.08. The lowest BCUT2D eigenvalue weighted by atomic mass is 10.1. The summed E-state index contributed by atoms with van der Waals surface area (Å²) in [5.74, 6) is 0. The van der Waals surface area contributed by atoms with E-state index in [1.165, 1.54) is 86.1 Å². The molecule has 9 aromatic rings. The van der Waals surface area contributed by atoms with Crippen molar-refractivity contribution in [2.75, 3.05) is 0 Å². The van der Waals surface area contributed by atoms with Crippen molar-refractivity contribution in [3.05, 3.63) is 143 Å². The van der Waals surface area contributed by atoms with Gasteiger partial charge in [0.15, 0.2) is 0 Å². The third kappa shape index (κ3) is 5.57. The van der Waals surface area contributed by atoms with Gasteiger partial charge in [0, 0.05) is 59.8 Å². The summed E-state index contributed by atoms with van der Waals surface area (Å²) in [7, 11) is 2.14. The summed E-state index contributed by atoms with van der Waals surface area (Å²) < 4.78 is 10.9. The normalized spacial score (nSPS) is 11.4. The number of hydrogen-bond acceptors (Lipinski definition) is 2. The second kappa shape index (κ2) is 11.8. The molecule has 0 unspecified atom stereocenters. The van der Waals surface area contributed by atoms with E-state index in [1.54, 1.807) is 0 Å². The van der Waals surface area contributed by atoms with Crippen LogP contribution in [0.25, 0.3) is 63.9 Å². The fraction of sp³-hybridized carbons (Fsp3) is 0.163. The molecule has 3 heterocycles. The molecule has 0 atom stereocenters. The van der Waals surface area contributed by atoms with Crippen LogP contribution >= 0.6 is 11.3 Å². The predicted octanol–water partition coefficient (Wildman–Crippen LogP) is 12.8. The van der Waals surface area contributed by atoms with Crippen molar-refractivity contribution in [1.82, 2.24) is 4.57 Å². The lowest BCUT2D eigenvalue weighted by Gasteiger charge is -1.99. The molecular formula is C43H39NOS. The molecule has 228 valence electrons. The van der Waals surface area contributed by atoms with Crippen LogP contribution in [0.2, 0.25) is 0 Å². The Bertz CT molecular complexity index is 2270. The molecule has 46 heavy (non-hydrogen) atoms. The summed E-state index contributed by atoms with van der Waals surface area (Å²) in [5.41, 5.74) is 12.4. The zero-order chi connectivity index (χ0) is 32.1. The average molecular weight is 618 g/mol. The second-order valence-electron chi connectivity index (χ2n) is 12.8. The van der Waals surface area contributed by atoms with Crippen molar-refractivity contribution in [1.29, 1.82) is 0 Å². The van der Waals surface area contributed by atoms with Crippen molar-refractivity contribution >= 4 is 75.3 Å². The molecule has 0 N–H and O–H groups in total. The minimum absolute atomic E-state index is 0.982. The van der Waals surface area contributed by atoms with Crippen molar-refractivity contribution in [2.24, 2.45) is 7.05 Å². The van der Waals surface area contributed by atoms with Gasteiger partial charge < -0.3 is 8.98 Å². The van der Waals surface area contributed by atoms with Gasteiger partial charge in [-0.15, -0.1) is 11.3 Å². The Labute approximate surface area is 274 Å². The van der Waals surface area contributed by atoms with Crippen LogP contribution in [-0.2, 0) is 7.05 Å². The number of rotatable bonds is 0. The van der Waals surface area contributed by atoms with Gasteiger partial charge in [0.05, 0.1) is 0 Å². The molecule has 2 nitrogen and oxygen atoms in total. The molecular weight excluding hydrogens is 579 g/mol. The lowest BCUT2D eigenvalue weighted by Crippen LogP contribution is -1.87. The van der Waals surface area contributed by atoms with E-state index >= 15 is 0 Å². The van der Waals surface area contributed by atoms with Gasteiger partial charge in [0.2, 0.25) is 0 Å². The monoisotopic (exact) mass is 617 g/mol. The van der Waals surface area contributed by atoms with Gasteiger partial charge in [-0.05, 0) is 111 Å². The van der Waals surface area contributed by atoms with E-state index in [1.807, 2.05) is 11.3 Å². The number of fused-ring (bicyclic) bond motifs is 9. The van der Waals surface area contributed by atoms with Crippen LogP contribution in [-0.4, -0.2) is 4.57 Å². The molecule has 0 aliphatic rings. The predicted molar refractivity (Wildman–Crippen MR) is 202 cm³/mol.